The van der Waals surface area contributed by atoms with Gasteiger partial charge in [0.1, 0.15) is 5.75 Å². The first-order valence-electron chi connectivity index (χ1n) is 9.28. The molecule has 7 nitrogen and oxygen atoms in total. The van der Waals surface area contributed by atoms with Gasteiger partial charge in [0.05, 0.1) is 6.54 Å². The molecule has 2 N–H and O–H groups in total. The summed E-state index contributed by atoms with van der Waals surface area (Å²) < 4.78 is 35.0. The van der Waals surface area contributed by atoms with Crippen LogP contribution in [0.2, 0.25) is 0 Å². The largest absolute Gasteiger partial charge is 0.434 e. The highest BCUT2D eigenvalue weighted by molar-refractivity contribution is 5.79. The van der Waals surface area contributed by atoms with Gasteiger partial charge in [0, 0.05) is 31.0 Å². The zero-order chi connectivity index (χ0) is 20.5. The minimum atomic E-state index is -2.87. The highest BCUT2D eigenvalue weighted by atomic mass is 19.3. The number of rotatable bonds is 9. The van der Waals surface area contributed by atoms with Crippen molar-refractivity contribution >= 4 is 5.96 Å². The van der Waals surface area contributed by atoms with Crippen molar-refractivity contribution in [1.82, 2.24) is 20.8 Å². The molecule has 0 saturated carbocycles. The number of benzene rings is 1. The summed E-state index contributed by atoms with van der Waals surface area (Å²) >= 11 is 0. The monoisotopic (exact) mass is 395 g/mol. The van der Waals surface area contributed by atoms with Crippen LogP contribution in [-0.2, 0) is 13.0 Å². The minimum Gasteiger partial charge on any atom is -0.434 e. The second-order valence-corrected chi connectivity index (χ2v) is 6.56. The molecule has 2 aromatic rings. The third kappa shape index (κ3) is 6.79. The molecule has 0 atom stereocenters. The molecule has 1 aromatic heterocycles. The smallest absolute Gasteiger partial charge is 0.387 e. The highest BCUT2D eigenvalue weighted by Gasteiger charge is 2.11. The lowest BCUT2D eigenvalue weighted by Gasteiger charge is -2.13. The second-order valence-electron chi connectivity index (χ2n) is 6.56. The molecule has 0 aliphatic carbocycles. The predicted molar refractivity (Wildman–Crippen MR) is 103 cm³/mol. The third-order valence-electron chi connectivity index (χ3n) is 3.82. The first-order valence-corrected chi connectivity index (χ1v) is 9.28. The molecule has 154 valence electrons. The standard InChI is InChI=1S/C19H27F2N5O2/c1-5-22-19(23-9-8-16-25-17(12(2)3)26-28-16)24-11-14-10-13(4)6-7-15(14)27-18(20)21/h6-7,10,12,18H,5,8-9,11H2,1-4H3,(H2,22,23,24). The first-order chi connectivity index (χ1) is 13.4. The third-order valence-corrected chi connectivity index (χ3v) is 3.82. The SMILES string of the molecule is CCNC(=NCc1cc(C)ccc1OC(F)F)NCCc1nc(C(C)C)no1. The summed E-state index contributed by atoms with van der Waals surface area (Å²) in [6, 6.07) is 5.05. The molecule has 0 unspecified atom stereocenters. The van der Waals surface area contributed by atoms with E-state index in [2.05, 4.69) is 30.5 Å². The average molecular weight is 395 g/mol. The number of aryl methyl sites for hydroxylation is 1. The van der Waals surface area contributed by atoms with Crippen molar-refractivity contribution in [3.8, 4) is 5.75 Å². The van der Waals surface area contributed by atoms with Crippen LogP contribution in [0, 0.1) is 6.92 Å². The van der Waals surface area contributed by atoms with Gasteiger partial charge >= 0.3 is 6.61 Å². The molecule has 2 rings (SSSR count). The molecule has 0 spiro atoms. The molecule has 0 radical (unpaired) electrons. The van der Waals surface area contributed by atoms with Crippen LogP contribution in [-0.4, -0.2) is 35.8 Å². The number of alkyl halides is 2. The number of hydrogen-bond acceptors (Lipinski definition) is 5. The number of aliphatic imine (C=N–C) groups is 1. The molecule has 1 aromatic carbocycles. The van der Waals surface area contributed by atoms with E-state index in [1.807, 2.05) is 27.7 Å². The Hall–Kier alpha value is -2.71. The molecular weight excluding hydrogens is 368 g/mol. The molecular formula is C19H27F2N5O2. The number of guanidine groups is 1. The number of aromatic nitrogens is 2. The van der Waals surface area contributed by atoms with Crippen LogP contribution in [0.3, 0.4) is 0 Å². The van der Waals surface area contributed by atoms with Crippen LogP contribution >= 0.6 is 0 Å². The van der Waals surface area contributed by atoms with Gasteiger partial charge in [-0.15, -0.1) is 0 Å². The van der Waals surface area contributed by atoms with E-state index in [1.54, 1.807) is 12.1 Å². The first kappa shape index (κ1) is 21.6. The molecule has 9 heteroatoms. The van der Waals surface area contributed by atoms with Crippen LogP contribution in [0.15, 0.2) is 27.7 Å². The lowest BCUT2D eigenvalue weighted by atomic mass is 10.1. The Morgan fingerprint density at radius 3 is 2.71 bits per heavy atom. The van der Waals surface area contributed by atoms with Crippen molar-refractivity contribution in [2.75, 3.05) is 13.1 Å². The molecule has 0 fully saturated rings. The van der Waals surface area contributed by atoms with Crippen molar-refractivity contribution in [3.05, 3.63) is 41.0 Å². The molecule has 0 bridgehead atoms. The van der Waals surface area contributed by atoms with Gasteiger partial charge in [0.15, 0.2) is 11.8 Å². The Morgan fingerprint density at radius 2 is 2.07 bits per heavy atom. The predicted octanol–water partition coefficient (Wildman–Crippen LogP) is 3.40. The number of ether oxygens (including phenoxy) is 1. The second kappa shape index (κ2) is 10.6. The van der Waals surface area contributed by atoms with Gasteiger partial charge in [-0.05, 0) is 19.9 Å². The maximum atomic E-state index is 12.6. The van der Waals surface area contributed by atoms with E-state index in [4.69, 9.17) is 4.52 Å². The van der Waals surface area contributed by atoms with Crippen molar-refractivity contribution in [3.63, 3.8) is 0 Å². The fourth-order valence-corrected chi connectivity index (χ4v) is 2.44. The number of nitrogens with one attached hydrogen (secondary N) is 2. The van der Waals surface area contributed by atoms with Gasteiger partial charge in [0.2, 0.25) is 5.89 Å². The quantitative estimate of drug-likeness (QED) is 0.500. The van der Waals surface area contributed by atoms with Gasteiger partial charge in [-0.1, -0.05) is 36.7 Å². The Labute approximate surface area is 163 Å². The number of nitrogens with zero attached hydrogens (tertiary/aromatic N) is 3. The van der Waals surface area contributed by atoms with Crippen LogP contribution in [0.5, 0.6) is 5.75 Å². The summed E-state index contributed by atoms with van der Waals surface area (Å²) in [5, 5.41) is 10.2. The highest BCUT2D eigenvalue weighted by Crippen LogP contribution is 2.22. The fraction of sp³-hybridized carbons (Fsp3) is 0.526. The molecule has 28 heavy (non-hydrogen) atoms. The van der Waals surface area contributed by atoms with Crippen LogP contribution in [0.1, 0.15) is 49.5 Å². The summed E-state index contributed by atoms with van der Waals surface area (Å²) in [5.74, 6) is 2.14. The summed E-state index contributed by atoms with van der Waals surface area (Å²) in [4.78, 5) is 8.79. The van der Waals surface area contributed by atoms with E-state index in [9.17, 15) is 8.78 Å². The summed E-state index contributed by atoms with van der Waals surface area (Å²) in [6.45, 7) is 6.37. The van der Waals surface area contributed by atoms with E-state index < -0.39 is 6.61 Å². The molecule has 0 aliphatic rings. The van der Waals surface area contributed by atoms with E-state index in [1.165, 1.54) is 6.07 Å². The Morgan fingerprint density at radius 1 is 1.29 bits per heavy atom. The summed E-state index contributed by atoms with van der Waals surface area (Å²) in [5.41, 5.74) is 1.54. The van der Waals surface area contributed by atoms with Gasteiger partial charge < -0.3 is 19.9 Å². The maximum Gasteiger partial charge on any atom is 0.387 e. The van der Waals surface area contributed by atoms with Crippen molar-refractivity contribution < 1.29 is 18.0 Å². The Kier molecular flexibility index (Phi) is 8.16. The van der Waals surface area contributed by atoms with E-state index in [-0.39, 0.29) is 18.2 Å². The average Bonchev–Trinajstić information content (AvgIpc) is 3.10. The van der Waals surface area contributed by atoms with Crippen LogP contribution in [0.4, 0.5) is 8.78 Å². The van der Waals surface area contributed by atoms with E-state index in [0.29, 0.717) is 42.7 Å². The zero-order valence-electron chi connectivity index (χ0n) is 16.6. The van der Waals surface area contributed by atoms with E-state index >= 15 is 0 Å². The minimum absolute atomic E-state index is 0.132. The zero-order valence-corrected chi connectivity index (χ0v) is 16.6. The van der Waals surface area contributed by atoms with E-state index in [0.717, 1.165) is 5.56 Å². The lowest BCUT2D eigenvalue weighted by molar-refractivity contribution is -0.0504. The fourth-order valence-electron chi connectivity index (χ4n) is 2.44. The van der Waals surface area contributed by atoms with Crippen LogP contribution in [0.25, 0.3) is 0 Å². The molecule has 0 aliphatic heterocycles. The van der Waals surface area contributed by atoms with Crippen molar-refractivity contribution in [1.29, 1.82) is 0 Å². The summed E-state index contributed by atoms with van der Waals surface area (Å²) in [6.07, 6.45) is 0.550. The molecule has 0 saturated heterocycles. The topological polar surface area (TPSA) is 84.6 Å². The summed E-state index contributed by atoms with van der Waals surface area (Å²) in [7, 11) is 0. The van der Waals surface area contributed by atoms with Crippen LogP contribution < -0.4 is 15.4 Å². The normalized spacial score (nSPS) is 11.9. The van der Waals surface area contributed by atoms with Gasteiger partial charge in [0.25, 0.3) is 0 Å². The molecule has 0 amide bonds. The van der Waals surface area contributed by atoms with Gasteiger partial charge in [-0.3, -0.25) is 0 Å². The van der Waals surface area contributed by atoms with Gasteiger partial charge in [-0.2, -0.15) is 13.8 Å². The lowest BCUT2D eigenvalue weighted by Crippen LogP contribution is -2.38. The Bertz CT molecular complexity index is 777. The van der Waals surface area contributed by atoms with Gasteiger partial charge in [-0.25, -0.2) is 4.99 Å². The number of halogens is 2. The molecule has 1 heterocycles. The van der Waals surface area contributed by atoms with Crippen molar-refractivity contribution in [2.24, 2.45) is 4.99 Å². The van der Waals surface area contributed by atoms with Crippen molar-refractivity contribution in [2.45, 2.75) is 53.2 Å². The maximum absolute atomic E-state index is 12.6. The number of hydrogen-bond donors (Lipinski definition) is 2. The Balaban J connectivity index is 1.98.